The first-order valence-electron chi connectivity index (χ1n) is 16.8. The van der Waals surface area contributed by atoms with Gasteiger partial charge in [-0.1, -0.05) is 0 Å². The van der Waals surface area contributed by atoms with E-state index in [1.807, 2.05) is 12.1 Å². The Labute approximate surface area is 283 Å². The number of carbonyl (C=O) groups is 1. The molecule has 9 nitrogen and oxygen atoms in total. The number of hydrogen-bond acceptors (Lipinski definition) is 6. The molecule has 4 atom stereocenters. The van der Waals surface area contributed by atoms with Crippen molar-refractivity contribution < 1.29 is 39.4 Å². The summed E-state index contributed by atoms with van der Waals surface area (Å²) in [6.45, 7) is 3.20. The van der Waals surface area contributed by atoms with E-state index in [2.05, 4.69) is 48.6 Å². The zero-order valence-corrected chi connectivity index (χ0v) is 30.2. The van der Waals surface area contributed by atoms with Crippen molar-refractivity contribution in [1.82, 2.24) is 21.6 Å². The van der Waals surface area contributed by atoms with Gasteiger partial charge in [-0.15, -0.1) is 0 Å². The molecular weight excluding hydrogens is 713 g/mol. The fraction of sp³-hybridized carbons (Fsp3) is 0.571. The van der Waals surface area contributed by atoms with Crippen LogP contribution < -0.4 is 30.9 Å². The van der Waals surface area contributed by atoms with E-state index in [1.54, 1.807) is 7.11 Å². The standard InChI is InChI=1S/C35H45IN5O4S/c1-38(2)46(43,44)37-34(42)23-10-13-27-30(16-23)41-21-35(20-40-24-11-15-31(40)36-39(3)19-24)18-29(35)28-17-25(45-4)12-14-26(28)33(41)32(27)22-8-6-5-7-9-22/h10,12-14,16-17,22,24,29,31H,5-9,11,15,18-21H2,1-4H3,(H,37,42)/q-1. The number of aromatic nitrogens is 1. The Bertz CT molecular complexity index is 1800. The third-order valence-corrected chi connectivity index (χ3v) is 16.2. The number of rotatable bonds is 7. The summed E-state index contributed by atoms with van der Waals surface area (Å²) >= 11 is 0.00521. The van der Waals surface area contributed by atoms with Gasteiger partial charge in [-0.25, -0.2) is 0 Å². The van der Waals surface area contributed by atoms with Crippen LogP contribution in [0.1, 0.15) is 84.7 Å². The van der Waals surface area contributed by atoms with Crippen LogP contribution >= 0.6 is 0 Å². The third-order valence-electron chi connectivity index (χ3n) is 11.4. The van der Waals surface area contributed by atoms with Crippen LogP contribution in [0.5, 0.6) is 5.75 Å². The van der Waals surface area contributed by atoms with Crippen molar-refractivity contribution in [1.29, 1.82) is 0 Å². The normalized spacial score (nSPS) is 28.2. The zero-order chi connectivity index (χ0) is 32.0. The molecule has 4 heterocycles. The van der Waals surface area contributed by atoms with Crippen LogP contribution in [-0.2, 0) is 16.8 Å². The monoisotopic (exact) mass is 758 g/mol. The van der Waals surface area contributed by atoms with Crippen molar-refractivity contribution in [2.24, 2.45) is 5.41 Å². The number of ether oxygens (including phenoxy) is 1. The van der Waals surface area contributed by atoms with Gasteiger partial charge in [0.25, 0.3) is 0 Å². The molecule has 0 spiro atoms. The molecule has 4 fully saturated rings. The van der Waals surface area contributed by atoms with E-state index in [9.17, 15) is 13.2 Å². The Morgan fingerprint density at radius 2 is 1.89 bits per heavy atom. The average Bonchev–Trinajstić information content (AvgIpc) is 3.60. The summed E-state index contributed by atoms with van der Waals surface area (Å²) in [4.78, 5) is 16.3. The fourth-order valence-corrected chi connectivity index (χ4v) is 12.9. The van der Waals surface area contributed by atoms with Crippen molar-refractivity contribution in [2.45, 2.75) is 79.8 Å². The van der Waals surface area contributed by atoms with Gasteiger partial charge in [-0.2, -0.15) is 12.7 Å². The Kier molecular flexibility index (Phi) is 7.75. The molecular formula is C35H45IN5O4S-. The topological polar surface area (TPSA) is 87.1 Å². The quantitative estimate of drug-likeness (QED) is 0.172. The molecule has 2 bridgehead atoms. The fourth-order valence-electron chi connectivity index (χ4n) is 9.02. The predicted molar refractivity (Wildman–Crippen MR) is 176 cm³/mol. The van der Waals surface area contributed by atoms with Gasteiger partial charge < -0.3 is 0 Å². The second-order valence-corrected chi connectivity index (χ2v) is 20.0. The number of benzene rings is 2. The van der Waals surface area contributed by atoms with Gasteiger partial charge in [0.05, 0.1) is 0 Å². The maximum atomic E-state index is 13.4. The van der Waals surface area contributed by atoms with Crippen LogP contribution in [0.15, 0.2) is 36.4 Å². The Balaban J connectivity index is 1.30. The molecule has 11 heteroatoms. The minimum absolute atomic E-state index is 0.00521. The second-order valence-electron chi connectivity index (χ2n) is 14.4. The van der Waals surface area contributed by atoms with Gasteiger partial charge >= 0.3 is 258 Å². The second kappa shape index (κ2) is 11.5. The molecule has 2 aromatic carbocycles. The van der Waals surface area contributed by atoms with Crippen LogP contribution in [0.3, 0.4) is 0 Å². The van der Waals surface area contributed by atoms with E-state index in [-0.39, 0.29) is 26.9 Å². The molecule has 1 amide bonds. The van der Waals surface area contributed by atoms with Crippen molar-refractivity contribution >= 4 is 27.0 Å². The molecule has 5 aliphatic rings. The van der Waals surface area contributed by atoms with Gasteiger partial charge in [0, 0.05) is 14.1 Å². The van der Waals surface area contributed by atoms with Crippen LogP contribution in [0.25, 0.3) is 22.2 Å². The summed E-state index contributed by atoms with van der Waals surface area (Å²) in [5, 5.41) is 1.20. The van der Waals surface area contributed by atoms with Crippen molar-refractivity contribution in [3.05, 3.63) is 53.1 Å². The first-order chi connectivity index (χ1) is 22.1. The summed E-state index contributed by atoms with van der Waals surface area (Å²) in [5.74, 6) is 1.23. The van der Waals surface area contributed by atoms with E-state index in [0.29, 0.717) is 23.4 Å². The van der Waals surface area contributed by atoms with E-state index >= 15 is 0 Å². The summed E-state index contributed by atoms with van der Waals surface area (Å²) in [6, 6.07) is 13.2. The van der Waals surface area contributed by atoms with E-state index in [4.69, 9.17) is 4.74 Å². The molecule has 8 rings (SSSR count). The zero-order valence-electron chi connectivity index (χ0n) is 27.3. The van der Waals surface area contributed by atoms with Crippen molar-refractivity contribution in [3.8, 4) is 17.0 Å². The molecule has 1 aromatic heterocycles. The van der Waals surface area contributed by atoms with E-state index < -0.39 is 16.1 Å². The number of hydrogen-bond donors (Lipinski definition) is 1. The first-order valence-corrected chi connectivity index (χ1v) is 20.4. The van der Waals surface area contributed by atoms with Gasteiger partial charge in [-0.3, -0.25) is 0 Å². The summed E-state index contributed by atoms with van der Waals surface area (Å²) < 4.78 is 40.1. The number of halogens is 1. The molecule has 2 saturated carbocycles. The molecule has 2 saturated heterocycles. The molecule has 248 valence electrons. The molecule has 1 N–H and O–H groups in total. The predicted octanol–water partition coefficient (Wildman–Crippen LogP) is 2.13. The van der Waals surface area contributed by atoms with Crippen molar-refractivity contribution in [3.63, 3.8) is 0 Å². The van der Waals surface area contributed by atoms with Crippen LogP contribution in [0.2, 0.25) is 0 Å². The summed E-state index contributed by atoms with van der Waals surface area (Å²) in [7, 11) is 3.01. The van der Waals surface area contributed by atoms with Crippen LogP contribution in [0.4, 0.5) is 0 Å². The van der Waals surface area contributed by atoms with E-state index in [0.717, 1.165) is 39.1 Å². The van der Waals surface area contributed by atoms with Gasteiger partial charge in [0.15, 0.2) is 0 Å². The summed E-state index contributed by atoms with van der Waals surface area (Å²) in [6.07, 6.45) is 9.87. The molecule has 0 radical (unpaired) electrons. The molecule has 3 aliphatic heterocycles. The number of carbonyl (C=O) groups excluding carboxylic acids is 1. The molecule has 46 heavy (non-hydrogen) atoms. The summed E-state index contributed by atoms with van der Waals surface area (Å²) in [5.41, 5.74) is 6.95. The number of amides is 1. The molecule has 2 aliphatic carbocycles. The SMILES string of the molecule is COc1ccc2c(c1)C1CC1(CN1C3CCC1[I-]N(C)C3)Cn1c-2c(C2CCCCC2)c2ccc(C(=O)NS(=O)(=O)N(C)C)cc21. The van der Waals surface area contributed by atoms with Crippen LogP contribution in [-0.4, -0.2) is 82.6 Å². The van der Waals surface area contributed by atoms with Gasteiger partial charge in [0.2, 0.25) is 0 Å². The number of fused-ring (bicyclic) bond motifs is 9. The first kappa shape index (κ1) is 31.1. The Morgan fingerprint density at radius 3 is 2.63 bits per heavy atom. The van der Waals surface area contributed by atoms with Gasteiger partial charge in [-0.05, 0) is 0 Å². The Hall–Kier alpha value is -2.19. The van der Waals surface area contributed by atoms with Gasteiger partial charge in [0.1, 0.15) is 0 Å². The number of nitrogens with zero attached hydrogens (tertiary/aromatic N) is 4. The number of likely N-dealkylation sites (N-methyl/N-ethyl adjacent to an activating group) is 1. The maximum absolute atomic E-state index is 13.4. The van der Waals surface area contributed by atoms with Crippen molar-refractivity contribution in [2.75, 3.05) is 41.3 Å². The third kappa shape index (κ3) is 5.10. The number of alkyl halides is 1. The van der Waals surface area contributed by atoms with Crippen LogP contribution in [0, 0.1) is 5.41 Å². The number of nitrogens with one attached hydrogen (secondary N) is 1. The molecule has 3 aromatic rings. The average molecular weight is 759 g/mol. The number of methoxy groups -OCH3 is 1. The van der Waals surface area contributed by atoms with E-state index in [1.165, 1.54) is 93.4 Å². The molecule has 4 unspecified atom stereocenters. The Morgan fingerprint density at radius 1 is 1.09 bits per heavy atom. The minimum atomic E-state index is -3.91.